The molecule has 1 heterocycles. The van der Waals surface area contributed by atoms with Crippen LogP contribution < -0.4 is 10.6 Å². The monoisotopic (exact) mass is 452 g/mol. The summed E-state index contributed by atoms with van der Waals surface area (Å²) in [5.41, 5.74) is 3.62. The zero-order valence-electron chi connectivity index (χ0n) is 19.3. The maximum absolute atomic E-state index is 14.1. The lowest BCUT2D eigenvalue weighted by Crippen LogP contribution is -2.41. The molecule has 0 amide bonds. The van der Waals surface area contributed by atoms with Crippen LogP contribution in [0, 0.1) is 29.4 Å². The lowest BCUT2D eigenvalue weighted by Gasteiger charge is -2.40. The van der Waals surface area contributed by atoms with Crippen LogP contribution in [0.25, 0.3) is 5.57 Å². The van der Waals surface area contributed by atoms with Crippen molar-refractivity contribution in [2.45, 2.75) is 65.0 Å². The number of nitrogens with one attached hydrogen (secondary N) is 2. The van der Waals surface area contributed by atoms with Gasteiger partial charge in [-0.05, 0) is 67.2 Å². The molecular formula is C26H30F2N4O. The number of aliphatic hydroxyl groups is 1. The summed E-state index contributed by atoms with van der Waals surface area (Å²) in [4.78, 5) is 8.90. The highest BCUT2D eigenvalue weighted by Crippen LogP contribution is 2.38. The number of aromatic nitrogens is 2. The van der Waals surface area contributed by atoms with Gasteiger partial charge in [0.15, 0.2) is 0 Å². The van der Waals surface area contributed by atoms with Crippen LogP contribution in [-0.4, -0.2) is 33.8 Å². The summed E-state index contributed by atoms with van der Waals surface area (Å²) in [5.74, 6) is 2.61. The first-order valence-electron chi connectivity index (χ1n) is 11.4. The third kappa shape index (κ3) is 4.86. The Morgan fingerprint density at radius 3 is 2.79 bits per heavy atom. The third-order valence-electron chi connectivity index (χ3n) is 6.85. The third-order valence-corrected chi connectivity index (χ3v) is 6.85. The van der Waals surface area contributed by atoms with E-state index in [1.54, 1.807) is 6.20 Å². The number of halogens is 2. The Balaban J connectivity index is 1.43. The first kappa shape index (κ1) is 23.2. The van der Waals surface area contributed by atoms with Crippen molar-refractivity contribution in [2.75, 3.05) is 17.2 Å². The maximum Gasteiger partial charge on any atom is 0.224 e. The molecule has 0 radical (unpaired) electrons. The van der Waals surface area contributed by atoms with E-state index in [2.05, 4.69) is 40.4 Å². The molecule has 7 heteroatoms. The fraction of sp³-hybridized carbons (Fsp3) is 0.462. The first-order chi connectivity index (χ1) is 15.7. The second kappa shape index (κ2) is 9.11. The zero-order chi connectivity index (χ0) is 23.8. The minimum Gasteiger partial charge on any atom is -0.393 e. The molecule has 3 N–H and O–H groups in total. The van der Waals surface area contributed by atoms with Crippen LogP contribution in [0.2, 0.25) is 0 Å². The van der Waals surface area contributed by atoms with Crippen LogP contribution in [0.1, 0.15) is 63.1 Å². The molecule has 0 aliphatic heterocycles. The highest BCUT2D eigenvalue weighted by Gasteiger charge is 2.36. The predicted molar refractivity (Wildman–Crippen MR) is 127 cm³/mol. The standard InChI is InChI=1S/C26H30F2N4O/c1-5-16-14-30-25(32-24(16)31-18-6-7-23(33)26(3,4)13-18)29-9-8-19-15(2)10-21-20(19)11-17(27)12-22(21)28/h1,11-12,14,18,23,33H,6-10,13H2,2-4H3,(H2,29,30,31,32)/t18-,23+/m1/s1. The summed E-state index contributed by atoms with van der Waals surface area (Å²) >= 11 is 0. The van der Waals surface area contributed by atoms with Crippen molar-refractivity contribution in [2.24, 2.45) is 5.41 Å². The molecule has 1 fully saturated rings. The highest BCUT2D eigenvalue weighted by atomic mass is 19.1. The molecule has 2 atom stereocenters. The van der Waals surface area contributed by atoms with Crippen molar-refractivity contribution < 1.29 is 13.9 Å². The van der Waals surface area contributed by atoms with Crippen LogP contribution in [-0.2, 0) is 6.42 Å². The van der Waals surface area contributed by atoms with Gasteiger partial charge in [-0.3, -0.25) is 0 Å². The van der Waals surface area contributed by atoms with Gasteiger partial charge in [0.1, 0.15) is 17.5 Å². The number of hydrogen-bond donors (Lipinski definition) is 3. The summed E-state index contributed by atoms with van der Waals surface area (Å²) < 4.78 is 27.9. The van der Waals surface area contributed by atoms with Gasteiger partial charge in [-0.25, -0.2) is 13.8 Å². The Morgan fingerprint density at radius 2 is 2.06 bits per heavy atom. The van der Waals surface area contributed by atoms with Crippen LogP contribution in [0.5, 0.6) is 0 Å². The van der Waals surface area contributed by atoms with E-state index in [-0.39, 0.29) is 17.6 Å². The molecule has 2 aliphatic carbocycles. The van der Waals surface area contributed by atoms with Crippen LogP contribution >= 0.6 is 0 Å². The van der Waals surface area contributed by atoms with Crippen molar-refractivity contribution in [1.82, 2.24) is 9.97 Å². The molecule has 1 aromatic heterocycles. The van der Waals surface area contributed by atoms with Gasteiger partial charge in [-0.1, -0.05) is 25.3 Å². The number of anilines is 2. The van der Waals surface area contributed by atoms with Crippen molar-refractivity contribution in [3.8, 4) is 12.3 Å². The average Bonchev–Trinajstić information content (AvgIpc) is 3.06. The lowest BCUT2D eigenvalue weighted by atomic mass is 9.73. The number of rotatable bonds is 6. The average molecular weight is 453 g/mol. The van der Waals surface area contributed by atoms with Crippen molar-refractivity contribution >= 4 is 17.3 Å². The predicted octanol–water partition coefficient (Wildman–Crippen LogP) is 4.92. The Bertz CT molecular complexity index is 1140. The van der Waals surface area contributed by atoms with Crippen LogP contribution in [0.3, 0.4) is 0 Å². The van der Waals surface area contributed by atoms with Gasteiger partial charge < -0.3 is 15.7 Å². The molecule has 4 rings (SSSR count). The van der Waals surface area contributed by atoms with E-state index in [4.69, 9.17) is 6.42 Å². The highest BCUT2D eigenvalue weighted by molar-refractivity contribution is 5.76. The van der Waals surface area contributed by atoms with Gasteiger partial charge in [0.05, 0.1) is 17.9 Å². The fourth-order valence-corrected chi connectivity index (χ4v) is 4.92. The molecule has 0 spiro atoms. The quantitative estimate of drug-likeness (QED) is 0.543. The minimum absolute atomic E-state index is 0.158. The first-order valence-corrected chi connectivity index (χ1v) is 11.4. The van der Waals surface area contributed by atoms with Gasteiger partial charge in [-0.2, -0.15) is 4.98 Å². The number of hydrogen-bond acceptors (Lipinski definition) is 5. The second-order valence-electron chi connectivity index (χ2n) is 9.75. The molecule has 2 aliphatic rings. The maximum atomic E-state index is 14.1. The molecule has 1 aromatic carbocycles. The molecule has 0 saturated heterocycles. The minimum atomic E-state index is -0.561. The van der Waals surface area contributed by atoms with Gasteiger partial charge in [0.25, 0.3) is 0 Å². The van der Waals surface area contributed by atoms with Gasteiger partial charge in [0, 0.05) is 18.7 Å². The van der Waals surface area contributed by atoms with Crippen molar-refractivity contribution in [3.63, 3.8) is 0 Å². The summed E-state index contributed by atoms with van der Waals surface area (Å²) in [7, 11) is 0. The lowest BCUT2D eigenvalue weighted by molar-refractivity contribution is 0.00926. The molecule has 174 valence electrons. The van der Waals surface area contributed by atoms with Crippen molar-refractivity contribution in [1.29, 1.82) is 0 Å². The van der Waals surface area contributed by atoms with Crippen LogP contribution in [0.4, 0.5) is 20.5 Å². The normalized spacial score (nSPS) is 21.5. The Hall–Kier alpha value is -2.98. The molecule has 2 aromatic rings. The Labute approximate surface area is 193 Å². The largest absolute Gasteiger partial charge is 0.393 e. The topological polar surface area (TPSA) is 70.1 Å². The Kier molecular flexibility index (Phi) is 6.40. The number of terminal acetylenes is 1. The van der Waals surface area contributed by atoms with Gasteiger partial charge >= 0.3 is 0 Å². The van der Waals surface area contributed by atoms with Crippen LogP contribution in [0.15, 0.2) is 23.9 Å². The molecule has 5 nitrogen and oxygen atoms in total. The van der Waals surface area contributed by atoms with E-state index in [1.165, 1.54) is 6.07 Å². The number of aliphatic hydroxyl groups excluding tert-OH is 1. The molecule has 33 heavy (non-hydrogen) atoms. The molecule has 0 unspecified atom stereocenters. The van der Waals surface area contributed by atoms with Gasteiger partial charge in [-0.15, -0.1) is 6.42 Å². The van der Waals surface area contributed by atoms with E-state index >= 15 is 0 Å². The Morgan fingerprint density at radius 1 is 1.27 bits per heavy atom. The summed E-state index contributed by atoms with van der Waals surface area (Å²) in [6, 6.07) is 2.51. The van der Waals surface area contributed by atoms with Crippen molar-refractivity contribution in [3.05, 3.63) is 52.2 Å². The molecular weight excluding hydrogens is 422 g/mol. The van der Waals surface area contributed by atoms with Gasteiger partial charge in [0.2, 0.25) is 5.95 Å². The fourth-order valence-electron chi connectivity index (χ4n) is 4.92. The number of fused-ring (bicyclic) bond motifs is 1. The number of allylic oxidation sites excluding steroid dienone is 1. The number of benzene rings is 1. The van der Waals surface area contributed by atoms with E-state index in [9.17, 15) is 13.9 Å². The van der Waals surface area contributed by atoms with E-state index in [0.717, 1.165) is 36.5 Å². The van der Waals surface area contributed by atoms with E-state index in [1.807, 2.05) is 6.92 Å². The summed E-state index contributed by atoms with van der Waals surface area (Å²) in [5, 5.41) is 16.9. The summed E-state index contributed by atoms with van der Waals surface area (Å²) in [6.07, 6.45) is 10.4. The molecule has 1 saturated carbocycles. The second-order valence-corrected chi connectivity index (χ2v) is 9.75. The summed E-state index contributed by atoms with van der Waals surface area (Å²) in [6.45, 7) is 6.60. The molecule has 0 bridgehead atoms. The smallest absolute Gasteiger partial charge is 0.224 e. The zero-order valence-corrected chi connectivity index (χ0v) is 19.3. The van der Waals surface area contributed by atoms with E-state index < -0.39 is 11.6 Å². The number of nitrogens with zero attached hydrogens (tertiary/aromatic N) is 2. The SMILES string of the molecule is C#Cc1cnc(NCCC2=C(C)Cc3c(F)cc(F)cc32)nc1N[C@@H]1CC[C@H](O)C(C)(C)C1. The van der Waals surface area contributed by atoms with E-state index in [0.29, 0.717) is 47.8 Å².